The first-order valence-corrected chi connectivity index (χ1v) is 5.76. The van der Waals surface area contributed by atoms with E-state index in [9.17, 15) is 0 Å². The molecule has 0 aliphatic carbocycles. The monoisotopic (exact) mass is 223 g/mol. The predicted molar refractivity (Wildman–Crippen MR) is 66.4 cm³/mol. The van der Waals surface area contributed by atoms with E-state index in [4.69, 9.17) is 5.73 Å². The van der Waals surface area contributed by atoms with E-state index in [-0.39, 0.29) is 0 Å². The van der Waals surface area contributed by atoms with E-state index >= 15 is 0 Å². The third kappa shape index (κ3) is 4.33. The molecule has 16 heavy (non-hydrogen) atoms. The topological polar surface area (TPSA) is 79.1 Å². The van der Waals surface area contributed by atoms with Gasteiger partial charge in [0.2, 0.25) is 0 Å². The number of nitrogens with one attached hydrogen (secondary N) is 2. The summed E-state index contributed by atoms with van der Waals surface area (Å²) in [5.74, 6) is 0.547. The first-order chi connectivity index (χ1) is 7.74. The number of aliphatic imine (C=N–C) groups is 1. The van der Waals surface area contributed by atoms with Gasteiger partial charge in [-0.05, 0) is 31.7 Å². The van der Waals surface area contributed by atoms with Crippen LogP contribution in [0, 0.1) is 6.92 Å². The zero-order valence-corrected chi connectivity index (χ0v) is 10.1. The summed E-state index contributed by atoms with van der Waals surface area (Å²) >= 11 is 0. The van der Waals surface area contributed by atoms with Gasteiger partial charge in [-0.25, -0.2) is 0 Å². The van der Waals surface area contributed by atoms with Crippen LogP contribution in [0.25, 0.3) is 0 Å². The lowest BCUT2D eigenvalue weighted by atomic mass is 10.1. The van der Waals surface area contributed by atoms with Gasteiger partial charge in [-0.3, -0.25) is 10.1 Å². The standard InChI is InChI=1S/C11H21N5/c1-3-6-13-11(12)14-7-4-5-10-8-15-16-9(10)2/h8H,3-7H2,1-2H3,(H,15,16)(H3,12,13,14). The average Bonchev–Trinajstić information content (AvgIpc) is 2.67. The Labute approximate surface area is 96.5 Å². The lowest BCUT2D eigenvalue weighted by molar-refractivity contribution is 0.761. The number of aryl methyl sites for hydroxylation is 2. The molecule has 1 rings (SSSR count). The zero-order valence-electron chi connectivity index (χ0n) is 10.1. The summed E-state index contributed by atoms with van der Waals surface area (Å²) in [6, 6.07) is 0. The zero-order chi connectivity index (χ0) is 11.8. The molecule has 5 nitrogen and oxygen atoms in total. The molecule has 0 aliphatic heterocycles. The molecule has 5 heteroatoms. The highest BCUT2D eigenvalue weighted by atomic mass is 15.1. The molecular weight excluding hydrogens is 202 g/mol. The van der Waals surface area contributed by atoms with E-state index in [0.29, 0.717) is 5.96 Å². The molecule has 90 valence electrons. The number of nitrogens with two attached hydrogens (primary N) is 1. The molecular formula is C11H21N5. The first-order valence-electron chi connectivity index (χ1n) is 5.76. The Balaban J connectivity index is 2.15. The van der Waals surface area contributed by atoms with Crippen molar-refractivity contribution in [1.29, 1.82) is 0 Å². The number of rotatable bonds is 6. The second-order valence-electron chi connectivity index (χ2n) is 3.82. The lowest BCUT2D eigenvalue weighted by Crippen LogP contribution is -2.32. The molecule has 0 saturated heterocycles. The molecule has 0 atom stereocenters. The Kier molecular flexibility index (Phi) is 5.39. The molecule has 1 heterocycles. The van der Waals surface area contributed by atoms with E-state index in [1.165, 1.54) is 5.56 Å². The molecule has 0 radical (unpaired) electrons. The molecule has 0 bridgehead atoms. The average molecular weight is 223 g/mol. The van der Waals surface area contributed by atoms with E-state index in [1.807, 2.05) is 13.1 Å². The van der Waals surface area contributed by atoms with Crippen molar-refractivity contribution in [2.24, 2.45) is 10.7 Å². The Morgan fingerprint density at radius 1 is 1.62 bits per heavy atom. The highest BCUT2D eigenvalue weighted by Crippen LogP contribution is 2.04. The number of guanidine groups is 1. The number of aromatic nitrogens is 2. The van der Waals surface area contributed by atoms with E-state index in [1.54, 1.807) is 0 Å². The van der Waals surface area contributed by atoms with Crippen LogP contribution in [0.3, 0.4) is 0 Å². The molecule has 0 aliphatic rings. The summed E-state index contributed by atoms with van der Waals surface area (Å²) in [7, 11) is 0. The van der Waals surface area contributed by atoms with Crippen LogP contribution in [0.5, 0.6) is 0 Å². The fourth-order valence-electron chi connectivity index (χ4n) is 1.41. The molecule has 1 aromatic heterocycles. The summed E-state index contributed by atoms with van der Waals surface area (Å²) in [6.45, 7) is 5.76. The fourth-order valence-corrected chi connectivity index (χ4v) is 1.41. The van der Waals surface area contributed by atoms with Gasteiger partial charge in [0.05, 0.1) is 6.20 Å². The van der Waals surface area contributed by atoms with Gasteiger partial charge >= 0.3 is 0 Å². The van der Waals surface area contributed by atoms with E-state index < -0.39 is 0 Å². The summed E-state index contributed by atoms with van der Waals surface area (Å²) < 4.78 is 0. The van der Waals surface area contributed by atoms with Crippen LogP contribution in [-0.4, -0.2) is 29.2 Å². The Morgan fingerprint density at radius 2 is 2.44 bits per heavy atom. The lowest BCUT2D eigenvalue weighted by Gasteiger charge is -2.04. The highest BCUT2D eigenvalue weighted by Gasteiger charge is 1.99. The summed E-state index contributed by atoms with van der Waals surface area (Å²) in [5, 5.41) is 10.0. The molecule has 0 spiro atoms. The molecule has 0 amide bonds. The van der Waals surface area contributed by atoms with Crippen molar-refractivity contribution in [2.45, 2.75) is 33.1 Å². The number of aromatic amines is 1. The number of nitrogens with zero attached hydrogens (tertiary/aromatic N) is 2. The van der Waals surface area contributed by atoms with Crippen LogP contribution in [-0.2, 0) is 6.42 Å². The number of hydrogen-bond donors (Lipinski definition) is 3. The minimum absolute atomic E-state index is 0.547. The van der Waals surface area contributed by atoms with Gasteiger partial charge in [0.1, 0.15) is 0 Å². The maximum Gasteiger partial charge on any atom is 0.188 e. The molecule has 0 fully saturated rings. The molecule has 0 saturated carbocycles. The van der Waals surface area contributed by atoms with Gasteiger partial charge < -0.3 is 11.1 Å². The minimum Gasteiger partial charge on any atom is -0.370 e. The van der Waals surface area contributed by atoms with E-state index in [2.05, 4.69) is 27.4 Å². The van der Waals surface area contributed by atoms with Crippen LogP contribution in [0.2, 0.25) is 0 Å². The van der Waals surface area contributed by atoms with Crippen LogP contribution in [0.15, 0.2) is 11.2 Å². The van der Waals surface area contributed by atoms with Crippen molar-refractivity contribution in [3.63, 3.8) is 0 Å². The number of hydrogen-bond acceptors (Lipinski definition) is 2. The van der Waals surface area contributed by atoms with Crippen LogP contribution in [0.1, 0.15) is 31.0 Å². The van der Waals surface area contributed by atoms with Gasteiger partial charge in [-0.1, -0.05) is 6.92 Å². The SMILES string of the molecule is CCCN=C(N)NCCCc1cn[nH]c1C. The van der Waals surface area contributed by atoms with Crippen LogP contribution < -0.4 is 11.1 Å². The minimum atomic E-state index is 0.547. The van der Waals surface area contributed by atoms with Crippen molar-refractivity contribution in [3.05, 3.63) is 17.5 Å². The summed E-state index contributed by atoms with van der Waals surface area (Å²) in [5.41, 5.74) is 8.08. The number of H-pyrrole nitrogens is 1. The molecule has 0 unspecified atom stereocenters. The van der Waals surface area contributed by atoms with Crippen LogP contribution in [0.4, 0.5) is 0 Å². The van der Waals surface area contributed by atoms with Crippen molar-refractivity contribution in [2.75, 3.05) is 13.1 Å². The third-order valence-electron chi connectivity index (χ3n) is 2.37. The van der Waals surface area contributed by atoms with Crippen molar-refractivity contribution < 1.29 is 0 Å². The largest absolute Gasteiger partial charge is 0.370 e. The van der Waals surface area contributed by atoms with Crippen molar-refractivity contribution in [3.8, 4) is 0 Å². The van der Waals surface area contributed by atoms with Crippen molar-refractivity contribution >= 4 is 5.96 Å². The molecule has 1 aromatic rings. The highest BCUT2D eigenvalue weighted by molar-refractivity contribution is 5.77. The van der Waals surface area contributed by atoms with E-state index in [0.717, 1.165) is 38.0 Å². The fraction of sp³-hybridized carbons (Fsp3) is 0.636. The second kappa shape index (κ2) is 6.87. The Morgan fingerprint density at radius 3 is 3.06 bits per heavy atom. The normalized spacial score (nSPS) is 11.8. The molecule has 0 aromatic carbocycles. The van der Waals surface area contributed by atoms with Gasteiger partial charge in [-0.15, -0.1) is 0 Å². The third-order valence-corrected chi connectivity index (χ3v) is 2.37. The maximum absolute atomic E-state index is 5.67. The summed E-state index contributed by atoms with van der Waals surface area (Å²) in [6.07, 6.45) is 4.94. The van der Waals surface area contributed by atoms with Crippen molar-refractivity contribution in [1.82, 2.24) is 15.5 Å². The Bertz CT molecular complexity index is 329. The van der Waals surface area contributed by atoms with Gasteiger partial charge in [0, 0.05) is 18.8 Å². The summed E-state index contributed by atoms with van der Waals surface area (Å²) in [4.78, 5) is 4.16. The van der Waals surface area contributed by atoms with Crippen LogP contribution >= 0.6 is 0 Å². The van der Waals surface area contributed by atoms with Gasteiger partial charge in [-0.2, -0.15) is 5.10 Å². The Hall–Kier alpha value is -1.52. The quantitative estimate of drug-likeness (QED) is 0.382. The maximum atomic E-state index is 5.67. The smallest absolute Gasteiger partial charge is 0.188 e. The van der Waals surface area contributed by atoms with Gasteiger partial charge in [0.25, 0.3) is 0 Å². The second-order valence-corrected chi connectivity index (χ2v) is 3.82. The van der Waals surface area contributed by atoms with Gasteiger partial charge in [0.15, 0.2) is 5.96 Å². The predicted octanol–water partition coefficient (Wildman–Crippen LogP) is 0.965. The molecule has 4 N–H and O–H groups in total. The first kappa shape index (κ1) is 12.5.